The van der Waals surface area contributed by atoms with Crippen molar-refractivity contribution in [3.8, 4) is 112 Å². The van der Waals surface area contributed by atoms with Crippen LogP contribution >= 0.6 is 0 Å². The van der Waals surface area contributed by atoms with Gasteiger partial charge >= 0.3 is 0 Å². The standard InChI is InChI=1S/C65H42N8O/c74-65(63-53(43-23-3-1-4-24-43)55(45-27-7-15-35-66-45)57(47-29-9-17-37-68-47)59(49-31-11-19-39-70-49)61(63)51-33-13-21-41-72-51)64-54(44-25-5-2-6-26-44)56(46-28-8-16-36-67-46)58(48-30-10-18-38-69-48)60(50-32-12-20-40-71-50)62(64)52-34-14-22-42-73-52/h1-42H. The van der Waals surface area contributed by atoms with E-state index in [0.29, 0.717) is 101 Å². The van der Waals surface area contributed by atoms with Gasteiger partial charge in [0.15, 0.2) is 5.78 Å². The first kappa shape index (κ1) is 44.9. The van der Waals surface area contributed by atoms with Crippen molar-refractivity contribution in [2.75, 3.05) is 0 Å². The Morgan fingerprint density at radius 2 is 0.392 bits per heavy atom. The van der Waals surface area contributed by atoms with Gasteiger partial charge in [0.2, 0.25) is 0 Å². The maximum Gasteiger partial charge on any atom is 0.195 e. The zero-order valence-electron chi connectivity index (χ0n) is 39.7. The molecular formula is C65H42N8O. The number of rotatable bonds is 12. The van der Waals surface area contributed by atoms with Crippen molar-refractivity contribution >= 4 is 5.78 Å². The molecule has 0 saturated carbocycles. The summed E-state index contributed by atoms with van der Waals surface area (Å²) >= 11 is 0. The van der Waals surface area contributed by atoms with Crippen molar-refractivity contribution in [2.24, 2.45) is 0 Å². The van der Waals surface area contributed by atoms with Gasteiger partial charge in [-0.05, 0) is 108 Å². The molecule has 0 fully saturated rings. The molecule has 12 aromatic rings. The van der Waals surface area contributed by atoms with Gasteiger partial charge in [-0.1, -0.05) is 109 Å². The van der Waals surface area contributed by atoms with Crippen LogP contribution < -0.4 is 0 Å². The minimum atomic E-state index is -0.312. The third kappa shape index (κ3) is 8.30. The predicted octanol–water partition coefficient (Wildman–Crippen LogP) is 14.7. The van der Waals surface area contributed by atoms with E-state index < -0.39 is 0 Å². The van der Waals surface area contributed by atoms with Gasteiger partial charge in [-0.25, -0.2) is 0 Å². The van der Waals surface area contributed by atoms with Crippen LogP contribution in [0.4, 0.5) is 0 Å². The average Bonchev–Trinajstić information content (AvgIpc) is 3.50. The molecule has 0 bridgehead atoms. The zero-order valence-corrected chi connectivity index (χ0v) is 39.7. The van der Waals surface area contributed by atoms with Gasteiger partial charge in [-0.3, -0.25) is 44.7 Å². The van der Waals surface area contributed by atoms with Crippen LogP contribution in [0.5, 0.6) is 0 Å². The molecule has 8 aromatic heterocycles. The Kier molecular flexibility index (Phi) is 12.3. The summed E-state index contributed by atoms with van der Waals surface area (Å²) in [6.45, 7) is 0. The molecule has 0 unspecified atom stereocenters. The molecule has 0 aliphatic rings. The van der Waals surface area contributed by atoms with E-state index >= 15 is 4.79 Å². The molecule has 74 heavy (non-hydrogen) atoms. The van der Waals surface area contributed by atoms with Crippen molar-refractivity contribution in [2.45, 2.75) is 0 Å². The number of carbonyl (C=O) groups is 1. The van der Waals surface area contributed by atoms with E-state index in [0.717, 1.165) is 22.3 Å². The molecule has 4 aromatic carbocycles. The van der Waals surface area contributed by atoms with E-state index in [4.69, 9.17) is 39.9 Å². The molecule has 9 heteroatoms. The third-order valence-electron chi connectivity index (χ3n) is 12.9. The number of hydrogen-bond acceptors (Lipinski definition) is 9. The molecule has 9 nitrogen and oxygen atoms in total. The summed E-state index contributed by atoms with van der Waals surface area (Å²) in [5.41, 5.74) is 13.8. The minimum Gasteiger partial charge on any atom is -0.289 e. The molecule has 0 N–H and O–H groups in total. The lowest BCUT2D eigenvalue weighted by molar-refractivity contribution is 0.104. The highest BCUT2D eigenvalue weighted by Crippen LogP contribution is 2.56. The van der Waals surface area contributed by atoms with Crippen LogP contribution in [0.2, 0.25) is 0 Å². The van der Waals surface area contributed by atoms with Crippen LogP contribution in [0.3, 0.4) is 0 Å². The predicted molar refractivity (Wildman–Crippen MR) is 293 cm³/mol. The van der Waals surface area contributed by atoms with Crippen LogP contribution in [0.1, 0.15) is 15.9 Å². The van der Waals surface area contributed by atoms with Gasteiger partial charge in [0, 0.05) is 116 Å². The lowest BCUT2D eigenvalue weighted by atomic mass is 9.73. The second kappa shape index (κ2) is 20.2. The van der Waals surface area contributed by atoms with Crippen LogP contribution in [-0.2, 0) is 0 Å². The second-order valence-corrected chi connectivity index (χ2v) is 17.3. The largest absolute Gasteiger partial charge is 0.289 e. The molecule has 0 aliphatic carbocycles. The van der Waals surface area contributed by atoms with Gasteiger partial charge in [-0.15, -0.1) is 0 Å². The fraction of sp³-hybridized carbons (Fsp3) is 0. The first-order valence-electron chi connectivity index (χ1n) is 24.2. The lowest BCUT2D eigenvalue weighted by Crippen LogP contribution is -2.16. The molecule has 12 rings (SSSR count). The Hall–Kier alpha value is -10.3. The summed E-state index contributed by atoms with van der Waals surface area (Å²) in [4.78, 5) is 58.9. The molecule has 348 valence electrons. The Morgan fingerprint density at radius 3 is 0.608 bits per heavy atom. The SMILES string of the molecule is O=C(c1c(-c2ccccc2)c(-c2ccccn2)c(-c2ccccn2)c(-c2ccccn2)c1-c1ccccn1)c1c(-c2ccccc2)c(-c2ccccn2)c(-c2ccccn2)c(-c2ccccn2)c1-c1ccccn1. The minimum absolute atomic E-state index is 0.312. The van der Waals surface area contributed by atoms with Gasteiger partial charge in [0.25, 0.3) is 0 Å². The fourth-order valence-electron chi connectivity index (χ4n) is 10.0. The van der Waals surface area contributed by atoms with Crippen molar-refractivity contribution in [1.82, 2.24) is 39.9 Å². The average molecular weight is 951 g/mol. The molecule has 0 amide bonds. The van der Waals surface area contributed by atoms with E-state index in [1.807, 2.05) is 206 Å². The Bertz CT molecular complexity index is 3430. The number of nitrogens with zero attached hydrogens (tertiary/aromatic N) is 8. The van der Waals surface area contributed by atoms with Crippen molar-refractivity contribution in [1.29, 1.82) is 0 Å². The monoisotopic (exact) mass is 950 g/mol. The third-order valence-corrected chi connectivity index (χ3v) is 12.9. The Morgan fingerprint density at radius 1 is 0.203 bits per heavy atom. The second-order valence-electron chi connectivity index (χ2n) is 17.3. The number of ketones is 1. The van der Waals surface area contributed by atoms with Crippen molar-refractivity contribution in [3.05, 3.63) is 267 Å². The van der Waals surface area contributed by atoms with Crippen molar-refractivity contribution in [3.63, 3.8) is 0 Å². The summed E-state index contributed by atoms with van der Waals surface area (Å²) in [6.07, 6.45) is 14.2. The smallest absolute Gasteiger partial charge is 0.195 e. The highest BCUT2D eigenvalue weighted by Gasteiger charge is 2.38. The normalized spacial score (nSPS) is 11.0. The van der Waals surface area contributed by atoms with Crippen molar-refractivity contribution < 1.29 is 4.79 Å². The molecule has 0 spiro atoms. The van der Waals surface area contributed by atoms with E-state index in [9.17, 15) is 0 Å². The molecule has 8 heterocycles. The van der Waals surface area contributed by atoms with Crippen LogP contribution in [-0.4, -0.2) is 45.7 Å². The number of carbonyl (C=O) groups excluding carboxylic acids is 1. The van der Waals surface area contributed by atoms with Crippen LogP contribution in [0.25, 0.3) is 112 Å². The molecule has 0 atom stereocenters. The van der Waals surface area contributed by atoms with Gasteiger partial charge < -0.3 is 0 Å². The summed E-state index contributed by atoms with van der Waals surface area (Å²) in [5.74, 6) is -0.312. The number of aromatic nitrogens is 8. The summed E-state index contributed by atoms with van der Waals surface area (Å²) in [6, 6.07) is 66.8. The fourth-order valence-corrected chi connectivity index (χ4v) is 10.0. The first-order valence-corrected chi connectivity index (χ1v) is 24.2. The Labute approximate surface area is 427 Å². The molecule has 0 radical (unpaired) electrons. The highest BCUT2D eigenvalue weighted by atomic mass is 16.1. The summed E-state index contributed by atoms with van der Waals surface area (Å²) in [7, 11) is 0. The first-order chi connectivity index (χ1) is 36.7. The van der Waals surface area contributed by atoms with E-state index in [-0.39, 0.29) is 5.78 Å². The molecular weight excluding hydrogens is 909 g/mol. The van der Waals surface area contributed by atoms with Crippen LogP contribution in [0.15, 0.2) is 256 Å². The maximum atomic E-state index is 18.1. The quantitative estimate of drug-likeness (QED) is 0.110. The lowest BCUT2D eigenvalue weighted by Gasteiger charge is -2.29. The zero-order chi connectivity index (χ0) is 49.6. The van der Waals surface area contributed by atoms with Gasteiger partial charge in [-0.2, -0.15) is 0 Å². The summed E-state index contributed by atoms with van der Waals surface area (Å²) < 4.78 is 0. The van der Waals surface area contributed by atoms with E-state index in [1.165, 1.54) is 0 Å². The number of benzene rings is 4. The topological polar surface area (TPSA) is 120 Å². The number of pyridine rings is 8. The number of hydrogen-bond donors (Lipinski definition) is 0. The maximum absolute atomic E-state index is 18.1. The highest BCUT2D eigenvalue weighted by molar-refractivity contribution is 6.29. The van der Waals surface area contributed by atoms with Gasteiger partial charge in [0.1, 0.15) is 0 Å². The van der Waals surface area contributed by atoms with E-state index in [1.54, 1.807) is 49.6 Å². The van der Waals surface area contributed by atoms with Gasteiger partial charge in [0.05, 0.1) is 45.6 Å². The van der Waals surface area contributed by atoms with E-state index in [2.05, 4.69) is 0 Å². The Balaban J connectivity index is 1.40. The molecule has 0 aliphatic heterocycles. The molecule has 0 saturated heterocycles. The summed E-state index contributed by atoms with van der Waals surface area (Å²) in [5, 5.41) is 0. The van der Waals surface area contributed by atoms with Crippen LogP contribution in [0, 0.1) is 0 Å².